The number of benzene rings is 2. The Morgan fingerprint density at radius 3 is 2.51 bits per heavy atom. The number of carbonyl (C=O) groups is 2. The second kappa shape index (κ2) is 10.6. The van der Waals surface area contributed by atoms with Gasteiger partial charge >= 0.3 is 0 Å². The highest BCUT2D eigenvalue weighted by molar-refractivity contribution is 5.94. The second-order valence-corrected chi connectivity index (χ2v) is 10.0. The third-order valence-electron chi connectivity index (χ3n) is 7.64. The number of nitriles is 1. The van der Waals surface area contributed by atoms with E-state index in [2.05, 4.69) is 28.4 Å². The van der Waals surface area contributed by atoms with Crippen LogP contribution < -0.4 is 5.32 Å². The molecule has 0 aromatic heterocycles. The molecule has 3 unspecified atom stereocenters. The van der Waals surface area contributed by atoms with E-state index in [4.69, 9.17) is 10.00 Å². The van der Waals surface area contributed by atoms with Crippen LogP contribution in [0.5, 0.6) is 0 Å². The lowest BCUT2D eigenvalue weighted by Gasteiger charge is -2.25. The summed E-state index contributed by atoms with van der Waals surface area (Å²) in [4.78, 5) is 30.2. The van der Waals surface area contributed by atoms with E-state index in [1.165, 1.54) is 0 Å². The number of hydrogen-bond donors (Lipinski definition) is 1. The number of hydrogen-bond acceptors (Lipinski definition) is 5. The zero-order valence-corrected chi connectivity index (χ0v) is 19.9. The maximum absolute atomic E-state index is 13.0. The monoisotopic (exact) mass is 472 g/mol. The summed E-state index contributed by atoms with van der Waals surface area (Å²) in [6.07, 6.45) is 1.64. The Morgan fingerprint density at radius 2 is 1.83 bits per heavy atom. The predicted octanol–water partition coefficient (Wildman–Crippen LogP) is 2.85. The van der Waals surface area contributed by atoms with E-state index in [0.717, 1.165) is 51.1 Å². The van der Waals surface area contributed by atoms with Crippen molar-refractivity contribution in [1.29, 1.82) is 5.26 Å². The molecule has 3 aliphatic heterocycles. The Balaban J connectivity index is 1.15. The average molecular weight is 473 g/mol. The smallest absolute Gasteiger partial charge is 0.253 e. The van der Waals surface area contributed by atoms with Gasteiger partial charge in [-0.15, -0.1) is 0 Å². The fraction of sp³-hybridized carbons (Fsp3) is 0.464. The second-order valence-electron chi connectivity index (χ2n) is 10.0. The van der Waals surface area contributed by atoms with Crippen molar-refractivity contribution in [2.24, 2.45) is 17.8 Å². The first-order valence-electron chi connectivity index (χ1n) is 12.6. The molecule has 0 bridgehead atoms. The van der Waals surface area contributed by atoms with Gasteiger partial charge in [-0.3, -0.25) is 9.59 Å². The summed E-state index contributed by atoms with van der Waals surface area (Å²) in [6, 6.07) is 19.3. The standard InChI is InChI=1S/C28H32N4O3/c29-14-20-5-4-8-22(13-20)28(34)32-17-24-15-31(16-25(24)18-32)11-9-26(21-6-2-1-3-7-21)30-27(33)23-10-12-35-19-23/h1-8,13,23-26H,9-12,15-19H2,(H,30,33)/t23?,24-,25?,26?/m0/s1. The third-order valence-corrected chi connectivity index (χ3v) is 7.64. The molecule has 2 aromatic rings. The van der Waals surface area contributed by atoms with Crippen molar-refractivity contribution in [2.45, 2.75) is 18.9 Å². The Morgan fingerprint density at radius 1 is 1.06 bits per heavy atom. The fourth-order valence-electron chi connectivity index (χ4n) is 5.69. The van der Waals surface area contributed by atoms with Crippen LogP contribution in [-0.2, 0) is 9.53 Å². The molecule has 0 aliphatic carbocycles. The molecular formula is C28H32N4O3. The lowest BCUT2D eigenvalue weighted by atomic mass is 10.0. The molecule has 3 heterocycles. The number of nitrogens with one attached hydrogen (secondary N) is 1. The first-order valence-corrected chi connectivity index (χ1v) is 12.6. The maximum Gasteiger partial charge on any atom is 0.253 e. The van der Waals surface area contributed by atoms with Gasteiger partial charge < -0.3 is 19.9 Å². The quantitative estimate of drug-likeness (QED) is 0.670. The van der Waals surface area contributed by atoms with Crippen LogP contribution >= 0.6 is 0 Å². The van der Waals surface area contributed by atoms with Crippen LogP contribution in [0.1, 0.15) is 40.4 Å². The summed E-state index contributed by atoms with van der Waals surface area (Å²) in [5, 5.41) is 12.4. The minimum absolute atomic E-state index is 0.0183. The molecule has 7 heteroatoms. The van der Waals surface area contributed by atoms with Crippen molar-refractivity contribution in [2.75, 3.05) is 45.9 Å². The van der Waals surface area contributed by atoms with Gasteiger partial charge in [0.2, 0.25) is 5.91 Å². The number of likely N-dealkylation sites (tertiary alicyclic amines) is 2. The topological polar surface area (TPSA) is 85.7 Å². The number of rotatable bonds is 7. The zero-order chi connectivity index (χ0) is 24.2. The lowest BCUT2D eigenvalue weighted by Crippen LogP contribution is -2.37. The molecule has 0 radical (unpaired) electrons. The van der Waals surface area contributed by atoms with Crippen LogP contribution in [-0.4, -0.2) is 67.6 Å². The Labute approximate surface area is 206 Å². The molecule has 5 rings (SSSR count). The normalized spacial score (nSPS) is 24.7. The Hall–Kier alpha value is -3.21. The Bertz CT molecular complexity index is 1080. The van der Waals surface area contributed by atoms with Crippen LogP contribution in [0.2, 0.25) is 0 Å². The molecule has 4 atom stereocenters. The number of carbonyl (C=O) groups excluding carboxylic acids is 2. The largest absolute Gasteiger partial charge is 0.381 e. The minimum atomic E-state index is -0.0512. The summed E-state index contributed by atoms with van der Waals surface area (Å²) in [6.45, 7) is 5.55. The van der Waals surface area contributed by atoms with Gasteiger partial charge in [-0.2, -0.15) is 5.26 Å². The lowest BCUT2D eigenvalue weighted by molar-refractivity contribution is -0.125. The maximum atomic E-state index is 13.0. The number of ether oxygens (including phenoxy) is 1. The number of nitrogens with zero attached hydrogens (tertiary/aromatic N) is 3. The third kappa shape index (κ3) is 5.39. The van der Waals surface area contributed by atoms with E-state index < -0.39 is 0 Å². The van der Waals surface area contributed by atoms with Gasteiger partial charge in [0.1, 0.15) is 0 Å². The molecule has 35 heavy (non-hydrogen) atoms. The molecule has 182 valence electrons. The highest BCUT2D eigenvalue weighted by Gasteiger charge is 2.41. The van der Waals surface area contributed by atoms with Crippen LogP contribution in [0.4, 0.5) is 0 Å². The van der Waals surface area contributed by atoms with Gasteiger partial charge in [-0.1, -0.05) is 36.4 Å². The van der Waals surface area contributed by atoms with E-state index in [-0.39, 0.29) is 23.8 Å². The highest BCUT2D eigenvalue weighted by Crippen LogP contribution is 2.32. The van der Waals surface area contributed by atoms with Crippen LogP contribution in [0.15, 0.2) is 54.6 Å². The van der Waals surface area contributed by atoms with Crippen LogP contribution in [0.3, 0.4) is 0 Å². The summed E-state index contributed by atoms with van der Waals surface area (Å²) in [5.74, 6) is 0.997. The van der Waals surface area contributed by atoms with Gasteiger partial charge in [0.25, 0.3) is 5.91 Å². The van der Waals surface area contributed by atoms with E-state index in [9.17, 15) is 9.59 Å². The summed E-state index contributed by atoms with van der Waals surface area (Å²) < 4.78 is 5.40. The summed E-state index contributed by atoms with van der Waals surface area (Å²) in [7, 11) is 0. The zero-order valence-electron chi connectivity index (χ0n) is 19.9. The van der Waals surface area contributed by atoms with E-state index in [0.29, 0.717) is 36.2 Å². The number of fused-ring (bicyclic) bond motifs is 1. The first kappa shape index (κ1) is 23.5. The predicted molar refractivity (Wildman–Crippen MR) is 131 cm³/mol. The molecular weight excluding hydrogens is 440 g/mol. The average Bonchev–Trinajstić information content (AvgIpc) is 3.64. The molecule has 0 spiro atoms. The molecule has 7 nitrogen and oxygen atoms in total. The van der Waals surface area contributed by atoms with Gasteiger partial charge in [0.05, 0.1) is 30.2 Å². The molecule has 0 saturated carbocycles. The molecule has 3 fully saturated rings. The molecule has 2 amide bonds. The number of amides is 2. The molecule has 2 aromatic carbocycles. The first-order chi connectivity index (χ1) is 17.1. The highest BCUT2D eigenvalue weighted by atomic mass is 16.5. The van der Waals surface area contributed by atoms with E-state index >= 15 is 0 Å². The van der Waals surface area contributed by atoms with Crippen molar-refractivity contribution in [3.8, 4) is 6.07 Å². The van der Waals surface area contributed by atoms with Crippen LogP contribution in [0, 0.1) is 29.1 Å². The van der Waals surface area contributed by atoms with Crippen molar-refractivity contribution in [3.05, 3.63) is 71.3 Å². The SMILES string of the molecule is N#Cc1cccc(C(=O)N2CC3CN(CCC(NC(=O)C4CCOC4)c4ccccc4)C[C@H]3C2)c1. The van der Waals surface area contributed by atoms with Crippen LogP contribution in [0.25, 0.3) is 0 Å². The van der Waals surface area contributed by atoms with E-state index in [1.54, 1.807) is 24.3 Å². The van der Waals surface area contributed by atoms with Crippen molar-refractivity contribution >= 4 is 11.8 Å². The minimum Gasteiger partial charge on any atom is -0.381 e. The summed E-state index contributed by atoms with van der Waals surface area (Å²) in [5.41, 5.74) is 2.24. The Kier molecular flexibility index (Phi) is 7.12. The van der Waals surface area contributed by atoms with Gasteiger partial charge in [0, 0.05) is 44.9 Å². The van der Waals surface area contributed by atoms with Crippen molar-refractivity contribution < 1.29 is 14.3 Å². The summed E-state index contributed by atoms with van der Waals surface area (Å²) >= 11 is 0. The van der Waals surface area contributed by atoms with Crippen molar-refractivity contribution in [1.82, 2.24) is 15.1 Å². The molecule has 3 saturated heterocycles. The van der Waals surface area contributed by atoms with Gasteiger partial charge in [-0.05, 0) is 48.4 Å². The molecule has 1 N–H and O–H groups in total. The van der Waals surface area contributed by atoms with Gasteiger partial charge in [-0.25, -0.2) is 0 Å². The van der Waals surface area contributed by atoms with Gasteiger partial charge in [0.15, 0.2) is 0 Å². The van der Waals surface area contributed by atoms with E-state index in [1.807, 2.05) is 23.1 Å². The fourth-order valence-corrected chi connectivity index (χ4v) is 5.69. The molecule has 3 aliphatic rings. The van der Waals surface area contributed by atoms with Crippen molar-refractivity contribution in [3.63, 3.8) is 0 Å².